The van der Waals surface area contributed by atoms with E-state index in [1.807, 2.05) is 0 Å². The minimum atomic E-state index is -0.223. The van der Waals surface area contributed by atoms with Crippen LogP contribution in [-0.4, -0.2) is 0 Å². The minimum Gasteiger partial charge on any atom is -0.452 e. The number of para-hydroxylation sites is 2. The Morgan fingerprint density at radius 3 is 1.96 bits per heavy atom. The number of anilines is 6. The maximum absolute atomic E-state index is 7.10. The van der Waals surface area contributed by atoms with Crippen LogP contribution in [-0.2, 0) is 5.41 Å². The molecule has 0 unspecified atom stereocenters. The molecule has 0 amide bonds. The highest BCUT2D eigenvalue weighted by atomic mass is 16.5. The molecule has 248 valence electrons. The molecule has 8 aromatic carbocycles. The molecule has 0 radical (unpaired) electrons. The van der Waals surface area contributed by atoms with Gasteiger partial charge in [-0.1, -0.05) is 147 Å². The van der Waals surface area contributed by atoms with E-state index in [1.165, 1.54) is 38.7 Å². The van der Waals surface area contributed by atoms with E-state index in [0.29, 0.717) is 0 Å². The van der Waals surface area contributed by atoms with Crippen molar-refractivity contribution in [3.05, 3.63) is 193 Å². The topological polar surface area (TPSA) is 15.7 Å². The van der Waals surface area contributed by atoms with Crippen LogP contribution in [0.2, 0.25) is 0 Å². The minimum absolute atomic E-state index is 0.223. The first kappa shape index (κ1) is 30.3. The van der Waals surface area contributed by atoms with Crippen molar-refractivity contribution in [1.29, 1.82) is 0 Å². The molecule has 0 saturated heterocycles. The van der Waals surface area contributed by atoms with E-state index < -0.39 is 0 Å². The fourth-order valence-electron chi connectivity index (χ4n) is 8.25. The zero-order chi connectivity index (χ0) is 34.8. The molecule has 0 aliphatic carbocycles. The summed E-state index contributed by atoms with van der Waals surface area (Å²) in [6.07, 6.45) is 0. The van der Waals surface area contributed by atoms with Crippen LogP contribution < -0.4 is 14.5 Å². The summed E-state index contributed by atoms with van der Waals surface area (Å²) in [6.45, 7) is 4.66. The molecular weight excluding hydrogens is 633 g/mol. The monoisotopic (exact) mass is 668 g/mol. The van der Waals surface area contributed by atoms with Crippen molar-refractivity contribution in [2.24, 2.45) is 0 Å². The van der Waals surface area contributed by atoms with Crippen LogP contribution in [0.3, 0.4) is 0 Å². The molecule has 3 heteroatoms. The summed E-state index contributed by atoms with van der Waals surface area (Å²) < 4.78 is 7.10. The van der Waals surface area contributed by atoms with Crippen LogP contribution >= 0.6 is 0 Å². The largest absolute Gasteiger partial charge is 0.452 e. The summed E-state index contributed by atoms with van der Waals surface area (Å²) in [6, 6.07) is 65.2. The average molecular weight is 669 g/mol. The van der Waals surface area contributed by atoms with Crippen LogP contribution in [0.4, 0.5) is 34.1 Å². The Kier molecular flexibility index (Phi) is 6.84. The first-order valence-corrected chi connectivity index (χ1v) is 17.9. The molecule has 0 atom stereocenters. The Hall–Kier alpha value is -6.58. The highest BCUT2D eigenvalue weighted by Gasteiger charge is 2.43. The van der Waals surface area contributed by atoms with Gasteiger partial charge >= 0.3 is 0 Å². The number of hydrogen-bond donors (Lipinski definition) is 0. The molecule has 0 spiro atoms. The lowest BCUT2D eigenvalue weighted by atomic mass is 9.72. The van der Waals surface area contributed by atoms with E-state index in [1.54, 1.807) is 0 Å². The molecular formula is C49H36N2O. The van der Waals surface area contributed by atoms with Crippen molar-refractivity contribution < 1.29 is 4.74 Å². The van der Waals surface area contributed by atoms with Crippen LogP contribution in [0.5, 0.6) is 11.5 Å². The van der Waals surface area contributed by atoms with Gasteiger partial charge in [-0.3, -0.25) is 0 Å². The van der Waals surface area contributed by atoms with E-state index >= 15 is 0 Å². The van der Waals surface area contributed by atoms with Gasteiger partial charge in [-0.05, 0) is 81.7 Å². The third-order valence-corrected chi connectivity index (χ3v) is 10.8. The van der Waals surface area contributed by atoms with Crippen molar-refractivity contribution in [3.63, 3.8) is 0 Å². The smallest absolute Gasteiger partial charge is 0.159 e. The summed E-state index contributed by atoms with van der Waals surface area (Å²) in [7, 11) is 0. The zero-order valence-corrected chi connectivity index (χ0v) is 29.1. The molecule has 2 aliphatic rings. The molecule has 10 rings (SSSR count). The molecule has 0 bridgehead atoms. The molecule has 0 aromatic heterocycles. The Bertz CT molecular complexity index is 2630. The predicted octanol–water partition coefficient (Wildman–Crippen LogP) is 13.9. The van der Waals surface area contributed by atoms with Crippen molar-refractivity contribution in [1.82, 2.24) is 0 Å². The van der Waals surface area contributed by atoms with Gasteiger partial charge in [-0.25, -0.2) is 0 Å². The molecule has 52 heavy (non-hydrogen) atoms. The Labute approximate surface area is 304 Å². The third-order valence-electron chi connectivity index (χ3n) is 10.8. The fourth-order valence-corrected chi connectivity index (χ4v) is 8.25. The van der Waals surface area contributed by atoms with Crippen molar-refractivity contribution in [2.75, 3.05) is 9.80 Å². The number of hydrogen-bond acceptors (Lipinski definition) is 3. The molecule has 2 aliphatic heterocycles. The van der Waals surface area contributed by atoms with Crippen molar-refractivity contribution in [3.8, 4) is 33.8 Å². The fraction of sp³-hybridized carbons (Fsp3) is 0.0612. The number of ether oxygens (including phenoxy) is 1. The SMILES string of the molecule is CC1(C)c2ccccc2N2c3c1ccc(-c1cccc(N(c4ccccc4)c4ccc(-c5ccccc5)cc4)c1)c3Oc1ccc3ccccc3c12. The first-order chi connectivity index (χ1) is 25.6. The molecule has 0 fully saturated rings. The van der Waals surface area contributed by atoms with Crippen LogP contribution in [0, 0.1) is 0 Å². The van der Waals surface area contributed by atoms with Gasteiger partial charge < -0.3 is 14.5 Å². The Balaban J connectivity index is 1.15. The maximum atomic E-state index is 7.10. The third kappa shape index (κ3) is 4.66. The van der Waals surface area contributed by atoms with E-state index in [-0.39, 0.29) is 5.41 Å². The number of rotatable bonds is 5. The lowest BCUT2D eigenvalue weighted by Crippen LogP contribution is -2.32. The van der Waals surface area contributed by atoms with Crippen LogP contribution in [0.25, 0.3) is 33.0 Å². The highest BCUT2D eigenvalue weighted by molar-refractivity contribution is 6.07. The van der Waals surface area contributed by atoms with Gasteiger partial charge in [0.05, 0.1) is 17.1 Å². The van der Waals surface area contributed by atoms with Gasteiger partial charge in [-0.2, -0.15) is 0 Å². The van der Waals surface area contributed by atoms with Crippen LogP contribution in [0.15, 0.2) is 182 Å². The van der Waals surface area contributed by atoms with E-state index in [2.05, 4.69) is 206 Å². The van der Waals surface area contributed by atoms with Crippen molar-refractivity contribution in [2.45, 2.75) is 19.3 Å². The van der Waals surface area contributed by atoms with Gasteiger partial charge in [-0.15, -0.1) is 0 Å². The van der Waals surface area contributed by atoms with E-state index in [0.717, 1.165) is 51.1 Å². The summed E-state index contributed by atoms with van der Waals surface area (Å²) >= 11 is 0. The van der Waals surface area contributed by atoms with Crippen molar-refractivity contribution >= 4 is 44.9 Å². The number of nitrogens with zero attached hydrogens (tertiary/aromatic N) is 2. The molecule has 0 saturated carbocycles. The number of benzene rings is 8. The molecule has 8 aromatic rings. The molecule has 2 heterocycles. The molecule has 0 N–H and O–H groups in total. The Morgan fingerprint density at radius 1 is 0.481 bits per heavy atom. The summed E-state index contributed by atoms with van der Waals surface area (Å²) in [5.41, 5.74) is 13.6. The lowest BCUT2D eigenvalue weighted by molar-refractivity contribution is 0.474. The quantitative estimate of drug-likeness (QED) is 0.182. The zero-order valence-electron chi connectivity index (χ0n) is 29.1. The van der Waals surface area contributed by atoms with Gasteiger partial charge in [0, 0.05) is 33.4 Å². The Morgan fingerprint density at radius 2 is 1.13 bits per heavy atom. The predicted molar refractivity (Wildman–Crippen MR) is 216 cm³/mol. The van der Waals surface area contributed by atoms with Gasteiger partial charge in [0.15, 0.2) is 11.5 Å². The lowest BCUT2D eigenvalue weighted by Gasteiger charge is -2.45. The summed E-state index contributed by atoms with van der Waals surface area (Å²) in [4.78, 5) is 4.79. The van der Waals surface area contributed by atoms with Crippen LogP contribution in [0.1, 0.15) is 25.0 Å². The average Bonchev–Trinajstić information content (AvgIpc) is 3.20. The van der Waals surface area contributed by atoms with E-state index in [9.17, 15) is 0 Å². The van der Waals surface area contributed by atoms with Gasteiger partial charge in [0.2, 0.25) is 0 Å². The second-order valence-corrected chi connectivity index (χ2v) is 14.2. The first-order valence-electron chi connectivity index (χ1n) is 17.9. The van der Waals surface area contributed by atoms with Gasteiger partial charge in [0.25, 0.3) is 0 Å². The van der Waals surface area contributed by atoms with E-state index in [4.69, 9.17) is 4.74 Å². The second kappa shape index (κ2) is 11.8. The second-order valence-electron chi connectivity index (χ2n) is 14.2. The highest BCUT2D eigenvalue weighted by Crippen LogP contribution is 2.63. The maximum Gasteiger partial charge on any atom is 0.159 e. The summed E-state index contributed by atoms with van der Waals surface area (Å²) in [5, 5.41) is 2.37. The summed E-state index contributed by atoms with van der Waals surface area (Å²) in [5.74, 6) is 1.75. The normalized spacial score (nSPS) is 13.5. The number of fused-ring (bicyclic) bond motifs is 6. The standard InChI is InChI=1S/C49H36N2O/c1-49(2)42-22-11-12-23-44(42)51-46-40-21-10-9-16-35(40)26-31-45(46)52-48-41(29-30-43(49)47(48)51)36-17-13-20-39(32-36)50(37-18-7-4-8-19-37)38-27-24-34(25-28-38)33-14-5-3-6-15-33/h3-32H,1-2H3. The molecule has 3 nitrogen and oxygen atoms in total. The van der Waals surface area contributed by atoms with Gasteiger partial charge in [0.1, 0.15) is 0 Å².